The number of H-pyrrole nitrogens is 1. The summed E-state index contributed by atoms with van der Waals surface area (Å²) in [5.41, 5.74) is 0.590. The first-order valence-corrected chi connectivity index (χ1v) is 11.7. The summed E-state index contributed by atoms with van der Waals surface area (Å²) in [6, 6.07) is 5.16. The zero-order valence-electron chi connectivity index (χ0n) is 21.1. The lowest BCUT2D eigenvalue weighted by Crippen LogP contribution is -2.46. The van der Waals surface area contributed by atoms with E-state index >= 15 is 0 Å². The minimum atomic E-state index is -5.02. The Morgan fingerprint density at radius 1 is 1.15 bits per heavy atom. The number of alkyl halides is 6. The Labute approximate surface area is 221 Å². The number of primary amides is 1. The molecule has 40 heavy (non-hydrogen) atoms. The number of aromatic nitrogens is 2. The Morgan fingerprint density at radius 2 is 1.82 bits per heavy atom. The van der Waals surface area contributed by atoms with Crippen LogP contribution in [-0.4, -0.2) is 40.7 Å². The first kappa shape index (κ1) is 29.0. The molecule has 4 rings (SSSR count). The molecule has 216 valence electrons. The van der Waals surface area contributed by atoms with Gasteiger partial charge >= 0.3 is 12.5 Å². The van der Waals surface area contributed by atoms with Crippen LogP contribution in [0.3, 0.4) is 0 Å². The van der Waals surface area contributed by atoms with Crippen molar-refractivity contribution in [3.63, 3.8) is 0 Å². The number of aromatic amines is 1. The van der Waals surface area contributed by atoms with Gasteiger partial charge in [-0.2, -0.15) is 13.2 Å². The summed E-state index contributed by atoms with van der Waals surface area (Å²) in [5.74, 6) is -4.21. The van der Waals surface area contributed by atoms with Crippen molar-refractivity contribution in [2.45, 2.75) is 50.6 Å². The minimum absolute atomic E-state index is 0.0373. The molecule has 1 aliphatic heterocycles. The van der Waals surface area contributed by atoms with Crippen LogP contribution in [0.4, 0.5) is 26.3 Å². The highest BCUT2D eigenvalue weighted by Gasteiger charge is 2.65. The van der Waals surface area contributed by atoms with Crippen LogP contribution in [-0.2, 0) is 16.1 Å². The molecule has 1 amide bonds. The molecule has 1 aromatic carbocycles. The van der Waals surface area contributed by atoms with Gasteiger partial charge in [-0.15, -0.1) is 13.2 Å². The smallest absolute Gasteiger partial charge is 0.496 e. The van der Waals surface area contributed by atoms with Crippen LogP contribution in [0, 0.1) is 5.92 Å². The minimum Gasteiger partial charge on any atom is -0.496 e. The molecule has 1 aliphatic rings. The molecule has 1 fully saturated rings. The van der Waals surface area contributed by atoms with Crippen LogP contribution in [0.2, 0.25) is 0 Å². The lowest BCUT2D eigenvalue weighted by Gasteiger charge is -2.32. The van der Waals surface area contributed by atoms with E-state index < -0.39 is 65.3 Å². The monoisotopic (exact) mass is 575 g/mol. The van der Waals surface area contributed by atoms with Gasteiger partial charge in [0.2, 0.25) is 5.91 Å². The first-order valence-electron chi connectivity index (χ1n) is 11.7. The number of halogens is 6. The zero-order chi connectivity index (χ0) is 29.8. The topological polar surface area (TPSA) is 126 Å². The quantitative estimate of drug-likeness (QED) is 0.430. The molecule has 0 spiro atoms. The number of nitrogens with zero attached hydrogens (tertiary/aromatic N) is 1. The van der Waals surface area contributed by atoms with E-state index in [0.29, 0.717) is 0 Å². The van der Waals surface area contributed by atoms with Crippen LogP contribution < -0.4 is 26.2 Å². The van der Waals surface area contributed by atoms with Gasteiger partial charge in [-0.1, -0.05) is 13.0 Å². The van der Waals surface area contributed by atoms with Gasteiger partial charge in [-0.25, -0.2) is 0 Å². The Bertz CT molecular complexity index is 1580. The van der Waals surface area contributed by atoms with Crippen LogP contribution >= 0.6 is 0 Å². The number of rotatable bonds is 6. The van der Waals surface area contributed by atoms with Crippen molar-refractivity contribution in [2.24, 2.45) is 11.7 Å². The number of nitrogens with one attached hydrogen (secondary N) is 1. The highest BCUT2D eigenvalue weighted by Crippen LogP contribution is 2.59. The molecule has 0 aliphatic carbocycles. The molecular formula is C25H23F6N3O6. The summed E-state index contributed by atoms with van der Waals surface area (Å²) in [6.07, 6.45) is -10.2. The molecule has 3 heterocycles. The average molecular weight is 575 g/mol. The summed E-state index contributed by atoms with van der Waals surface area (Å²) in [7, 11) is 1.13. The normalized spacial score (nSPS) is 23.4. The van der Waals surface area contributed by atoms with Crippen LogP contribution in [0.15, 0.2) is 46.1 Å². The zero-order valence-corrected chi connectivity index (χ0v) is 21.1. The van der Waals surface area contributed by atoms with Crippen molar-refractivity contribution in [1.29, 1.82) is 0 Å². The average Bonchev–Trinajstić information content (AvgIpc) is 3.11. The fourth-order valence-corrected chi connectivity index (χ4v) is 4.99. The summed E-state index contributed by atoms with van der Waals surface area (Å²) in [4.78, 5) is 39.8. The van der Waals surface area contributed by atoms with E-state index in [2.05, 4.69) is 9.72 Å². The second kappa shape index (κ2) is 9.87. The highest BCUT2D eigenvalue weighted by atomic mass is 19.4. The number of hydrogen-bond donors (Lipinski definition) is 2. The number of carbonyl (C=O) groups is 1. The molecule has 0 saturated carbocycles. The van der Waals surface area contributed by atoms with Crippen molar-refractivity contribution in [3.05, 3.63) is 68.4 Å². The summed E-state index contributed by atoms with van der Waals surface area (Å²) >= 11 is 0. The molecule has 2 aromatic heterocycles. The number of nitrogens with two attached hydrogens (primary N) is 1. The maximum Gasteiger partial charge on any atom is 0.573 e. The third-order valence-corrected chi connectivity index (χ3v) is 7.08. The SMILES string of the molecule is COc1cc(OC(F)(F)F)ccc1[C@H]1[C@H](c2cc(=O)c3c(=O)n(CC(N)=O)ccc3[nH]2)O[C@@](C)(C(F)(F)F)[C@H]1C. The van der Waals surface area contributed by atoms with Crippen molar-refractivity contribution < 1.29 is 45.3 Å². The molecule has 0 unspecified atom stereocenters. The molecule has 0 bridgehead atoms. The fourth-order valence-electron chi connectivity index (χ4n) is 4.99. The predicted octanol–water partition coefficient (Wildman–Crippen LogP) is 3.89. The van der Waals surface area contributed by atoms with Crippen molar-refractivity contribution in [1.82, 2.24) is 9.55 Å². The van der Waals surface area contributed by atoms with E-state index in [1.165, 1.54) is 19.2 Å². The van der Waals surface area contributed by atoms with Crippen LogP contribution in [0.5, 0.6) is 11.5 Å². The molecule has 15 heteroatoms. The number of pyridine rings is 2. The predicted molar refractivity (Wildman–Crippen MR) is 128 cm³/mol. The standard InChI is InChI=1S/C25H23F6N3O6/c1-11-19(13-5-4-12(8-17(13)38-3)39-25(29,30)31)21(40-23(11,2)24(26,27)28)15-9-16(35)20-14(33-15)6-7-34(22(20)37)10-18(32)36/h4-9,11,19,21H,10H2,1-3H3,(H2,32,36)(H,33,35)/t11-,19-,21-,23+/m0/s1. The molecule has 4 atom stereocenters. The van der Waals surface area contributed by atoms with Gasteiger partial charge in [0.15, 0.2) is 11.0 Å². The number of benzene rings is 1. The molecule has 3 aromatic rings. The van der Waals surface area contributed by atoms with E-state index in [-0.39, 0.29) is 27.9 Å². The van der Waals surface area contributed by atoms with Crippen LogP contribution in [0.1, 0.15) is 37.1 Å². The number of fused-ring (bicyclic) bond motifs is 1. The lowest BCUT2D eigenvalue weighted by molar-refractivity contribution is -0.275. The van der Waals surface area contributed by atoms with Gasteiger partial charge in [0.1, 0.15) is 29.5 Å². The Morgan fingerprint density at radius 3 is 2.40 bits per heavy atom. The summed E-state index contributed by atoms with van der Waals surface area (Å²) in [5, 5.41) is -0.361. The van der Waals surface area contributed by atoms with Crippen molar-refractivity contribution in [2.75, 3.05) is 7.11 Å². The first-order chi connectivity index (χ1) is 18.5. The van der Waals surface area contributed by atoms with Gasteiger partial charge < -0.3 is 29.5 Å². The number of methoxy groups -OCH3 is 1. The summed E-state index contributed by atoms with van der Waals surface area (Å²) in [6.45, 7) is 1.60. The number of carbonyl (C=O) groups excluding carboxylic acids is 1. The third kappa shape index (κ3) is 5.12. The Kier molecular flexibility index (Phi) is 7.15. The molecule has 1 saturated heterocycles. The number of amides is 1. The number of ether oxygens (including phenoxy) is 3. The lowest BCUT2D eigenvalue weighted by atomic mass is 9.76. The van der Waals surface area contributed by atoms with E-state index in [1.54, 1.807) is 0 Å². The van der Waals surface area contributed by atoms with Gasteiger partial charge in [-0.05, 0) is 19.1 Å². The molecule has 9 nitrogen and oxygen atoms in total. The fraction of sp³-hybridized carbons (Fsp3) is 0.400. The van der Waals surface area contributed by atoms with Gasteiger partial charge in [0.25, 0.3) is 5.56 Å². The van der Waals surface area contributed by atoms with E-state index in [9.17, 15) is 40.7 Å². The van der Waals surface area contributed by atoms with Gasteiger partial charge in [-0.3, -0.25) is 14.4 Å². The molecule has 0 radical (unpaired) electrons. The largest absolute Gasteiger partial charge is 0.573 e. The van der Waals surface area contributed by atoms with Gasteiger partial charge in [0.05, 0.1) is 12.6 Å². The van der Waals surface area contributed by atoms with Crippen LogP contribution in [0.25, 0.3) is 10.9 Å². The van der Waals surface area contributed by atoms with E-state index in [4.69, 9.17) is 15.2 Å². The maximum absolute atomic E-state index is 14.3. The van der Waals surface area contributed by atoms with Gasteiger partial charge in [0, 0.05) is 41.4 Å². The maximum atomic E-state index is 14.3. The molecular weight excluding hydrogens is 552 g/mol. The second-order valence-electron chi connectivity index (χ2n) is 9.50. The Hall–Kier alpha value is -4.01. The van der Waals surface area contributed by atoms with Crippen molar-refractivity contribution >= 4 is 16.8 Å². The second-order valence-corrected chi connectivity index (χ2v) is 9.50. The van der Waals surface area contributed by atoms with Crippen molar-refractivity contribution in [3.8, 4) is 11.5 Å². The Balaban J connectivity index is 1.89. The highest BCUT2D eigenvalue weighted by molar-refractivity contribution is 5.78. The van der Waals surface area contributed by atoms with E-state index in [0.717, 1.165) is 42.9 Å². The molecule has 3 N–H and O–H groups in total. The third-order valence-electron chi connectivity index (χ3n) is 7.08. The van der Waals surface area contributed by atoms with E-state index in [1.807, 2.05) is 0 Å². The summed E-state index contributed by atoms with van der Waals surface area (Å²) < 4.78 is 96.7. The number of hydrogen-bond acceptors (Lipinski definition) is 6.